The summed E-state index contributed by atoms with van der Waals surface area (Å²) in [6, 6.07) is 8.21. The molecular formula is C16H24N2O2. The van der Waals surface area contributed by atoms with Gasteiger partial charge in [0.1, 0.15) is 0 Å². The van der Waals surface area contributed by atoms with Crippen molar-refractivity contribution in [3.63, 3.8) is 0 Å². The Bertz CT molecular complexity index is 442. The number of likely N-dealkylation sites (N-methyl/N-ethyl adjacent to an activating group) is 1. The summed E-state index contributed by atoms with van der Waals surface area (Å²) in [6.07, 6.45) is 2.74. The molecule has 2 rings (SSSR count). The van der Waals surface area contributed by atoms with Gasteiger partial charge in [0.25, 0.3) is 5.91 Å². The smallest absolute Gasteiger partial charge is 0.254 e. The van der Waals surface area contributed by atoms with Gasteiger partial charge in [-0.3, -0.25) is 4.79 Å². The summed E-state index contributed by atoms with van der Waals surface area (Å²) in [7, 11) is 3.84. The SMILES string of the molecule is CNCCc1ccccc1C(=O)N(C)C1CCOCC1. The van der Waals surface area contributed by atoms with Gasteiger partial charge in [-0.25, -0.2) is 0 Å². The van der Waals surface area contributed by atoms with Crippen LogP contribution in [0.1, 0.15) is 28.8 Å². The quantitative estimate of drug-likeness (QED) is 0.890. The zero-order valence-corrected chi connectivity index (χ0v) is 12.4. The first-order chi connectivity index (χ1) is 9.74. The van der Waals surface area contributed by atoms with Crippen LogP contribution in [0.25, 0.3) is 0 Å². The maximum atomic E-state index is 12.7. The fourth-order valence-electron chi connectivity index (χ4n) is 2.63. The number of ether oxygens (including phenoxy) is 1. The van der Waals surface area contributed by atoms with Crippen molar-refractivity contribution in [3.05, 3.63) is 35.4 Å². The highest BCUT2D eigenvalue weighted by atomic mass is 16.5. The Morgan fingerprint density at radius 1 is 1.35 bits per heavy atom. The van der Waals surface area contributed by atoms with Crippen LogP contribution in [0.3, 0.4) is 0 Å². The van der Waals surface area contributed by atoms with E-state index < -0.39 is 0 Å². The molecule has 0 unspecified atom stereocenters. The minimum Gasteiger partial charge on any atom is -0.381 e. The van der Waals surface area contributed by atoms with Crippen LogP contribution in [0, 0.1) is 0 Å². The molecule has 4 heteroatoms. The summed E-state index contributed by atoms with van der Waals surface area (Å²) in [5, 5.41) is 3.13. The van der Waals surface area contributed by atoms with Crippen LogP contribution in [0.4, 0.5) is 0 Å². The van der Waals surface area contributed by atoms with Gasteiger partial charge >= 0.3 is 0 Å². The van der Waals surface area contributed by atoms with Crippen LogP contribution < -0.4 is 5.32 Å². The molecule has 0 bridgehead atoms. The van der Waals surface area contributed by atoms with Gasteiger partial charge in [0.15, 0.2) is 0 Å². The van der Waals surface area contributed by atoms with Crippen LogP contribution >= 0.6 is 0 Å². The lowest BCUT2D eigenvalue weighted by atomic mass is 10.0. The molecular weight excluding hydrogens is 252 g/mol. The van der Waals surface area contributed by atoms with Crippen LogP contribution in [0.15, 0.2) is 24.3 Å². The first-order valence-electron chi connectivity index (χ1n) is 7.31. The van der Waals surface area contributed by atoms with Gasteiger partial charge in [0, 0.05) is 31.9 Å². The van der Waals surface area contributed by atoms with Gasteiger partial charge in [-0.1, -0.05) is 18.2 Å². The van der Waals surface area contributed by atoms with Crippen molar-refractivity contribution in [2.45, 2.75) is 25.3 Å². The molecule has 1 N–H and O–H groups in total. The van der Waals surface area contributed by atoms with Crippen molar-refractivity contribution in [2.24, 2.45) is 0 Å². The normalized spacial score (nSPS) is 16.1. The van der Waals surface area contributed by atoms with Crippen LogP contribution in [0.5, 0.6) is 0 Å². The number of carbonyl (C=O) groups excluding carboxylic acids is 1. The highest BCUT2D eigenvalue weighted by Crippen LogP contribution is 2.18. The Kier molecular flexibility index (Phi) is 5.56. The molecule has 1 saturated heterocycles. The molecule has 0 atom stereocenters. The van der Waals surface area contributed by atoms with Crippen LogP contribution in [-0.4, -0.2) is 50.7 Å². The molecule has 0 saturated carbocycles. The van der Waals surface area contributed by atoms with Gasteiger partial charge < -0.3 is 15.0 Å². The predicted molar refractivity (Wildman–Crippen MR) is 80.0 cm³/mol. The molecule has 4 nitrogen and oxygen atoms in total. The van der Waals surface area contributed by atoms with Crippen molar-refractivity contribution in [1.29, 1.82) is 0 Å². The molecule has 1 aliphatic rings. The van der Waals surface area contributed by atoms with Gasteiger partial charge in [-0.15, -0.1) is 0 Å². The van der Waals surface area contributed by atoms with E-state index in [-0.39, 0.29) is 5.91 Å². The number of rotatable bonds is 5. The zero-order chi connectivity index (χ0) is 14.4. The standard InChI is InChI=1S/C16H24N2O2/c1-17-10-7-13-5-3-4-6-15(13)16(19)18(2)14-8-11-20-12-9-14/h3-6,14,17H,7-12H2,1-2H3. The van der Waals surface area contributed by atoms with Crippen molar-refractivity contribution in [2.75, 3.05) is 33.9 Å². The monoisotopic (exact) mass is 276 g/mol. The molecule has 20 heavy (non-hydrogen) atoms. The summed E-state index contributed by atoms with van der Waals surface area (Å²) in [5.41, 5.74) is 1.95. The maximum absolute atomic E-state index is 12.7. The van der Waals surface area contributed by atoms with E-state index in [1.54, 1.807) is 0 Å². The van der Waals surface area contributed by atoms with E-state index in [4.69, 9.17) is 4.74 Å². The fourth-order valence-corrected chi connectivity index (χ4v) is 2.63. The number of benzene rings is 1. The summed E-state index contributed by atoms with van der Waals surface area (Å²) in [4.78, 5) is 14.6. The maximum Gasteiger partial charge on any atom is 0.254 e. The van der Waals surface area contributed by atoms with Crippen molar-refractivity contribution in [1.82, 2.24) is 10.2 Å². The Morgan fingerprint density at radius 2 is 2.05 bits per heavy atom. The second-order valence-electron chi connectivity index (χ2n) is 5.27. The van der Waals surface area contributed by atoms with Gasteiger partial charge in [0.05, 0.1) is 0 Å². The Balaban J connectivity index is 2.11. The molecule has 1 fully saturated rings. The summed E-state index contributed by atoms with van der Waals surface area (Å²) in [5.74, 6) is 0.128. The summed E-state index contributed by atoms with van der Waals surface area (Å²) >= 11 is 0. The number of nitrogens with zero attached hydrogens (tertiary/aromatic N) is 1. The lowest BCUT2D eigenvalue weighted by molar-refractivity contribution is 0.0361. The number of nitrogens with one attached hydrogen (secondary N) is 1. The predicted octanol–water partition coefficient (Wildman–Crippen LogP) is 1.70. The first-order valence-corrected chi connectivity index (χ1v) is 7.31. The van der Waals surface area contributed by atoms with E-state index in [9.17, 15) is 4.79 Å². The zero-order valence-electron chi connectivity index (χ0n) is 12.4. The van der Waals surface area contributed by atoms with E-state index in [0.717, 1.165) is 50.1 Å². The fraction of sp³-hybridized carbons (Fsp3) is 0.562. The molecule has 1 aromatic carbocycles. The minimum absolute atomic E-state index is 0.128. The number of amides is 1. The minimum atomic E-state index is 0.128. The highest BCUT2D eigenvalue weighted by molar-refractivity contribution is 5.95. The second kappa shape index (κ2) is 7.41. The molecule has 0 radical (unpaired) electrons. The number of hydrogen-bond acceptors (Lipinski definition) is 3. The van der Waals surface area contributed by atoms with Gasteiger partial charge in [0.2, 0.25) is 0 Å². The Hall–Kier alpha value is -1.39. The van der Waals surface area contributed by atoms with Crippen molar-refractivity contribution >= 4 is 5.91 Å². The lowest BCUT2D eigenvalue weighted by Crippen LogP contribution is -2.41. The summed E-state index contributed by atoms with van der Waals surface area (Å²) in [6.45, 7) is 2.39. The summed E-state index contributed by atoms with van der Waals surface area (Å²) < 4.78 is 5.37. The topological polar surface area (TPSA) is 41.6 Å². The van der Waals surface area contributed by atoms with E-state index >= 15 is 0 Å². The molecule has 1 aliphatic heterocycles. The molecule has 1 aromatic rings. The molecule has 1 amide bonds. The molecule has 0 spiro atoms. The second-order valence-corrected chi connectivity index (χ2v) is 5.27. The number of carbonyl (C=O) groups is 1. The third-order valence-corrected chi connectivity index (χ3v) is 3.95. The van der Waals surface area contributed by atoms with Crippen molar-refractivity contribution in [3.8, 4) is 0 Å². The van der Waals surface area contributed by atoms with E-state index in [0.29, 0.717) is 6.04 Å². The lowest BCUT2D eigenvalue weighted by Gasteiger charge is -2.31. The first kappa shape index (κ1) is 15.0. The van der Waals surface area contributed by atoms with E-state index in [1.165, 1.54) is 0 Å². The largest absolute Gasteiger partial charge is 0.381 e. The van der Waals surface area contributed by atoms with E-state index in [1.807, 2.05) is 43.3 Å². The highest BCUT2D eigenvalue weighted by Gasteiger charge is 2.24. The average Bonchev–Trinajstić information content (AvgIpc) is 2.52. The van der Waals surface area contributed by atoms with Crippen LogP contribution in [-0.2, 0) is 11.2 Å². The average molecular weight is 276 g/mol. The molecule has 0 aromatic heterocycles. The third kappa shape index (κ3) is 3.58. The third-order valence-electron chi connectivity index (χ3n) is 3.95. The molecule has 0 aliphatic carbocycles. The van der Waals surface area contributed by atoms with E-state index in [2.05, 4.69) is 5.32 Å². The van der Waals surface area contributed by atoms with Gasteiger partial charge in [-0.05, 0) is 44.5 Å². The Labute approximate surface area is 121 Å². The van der Waals surface area contributed by atoms with Crippen molar-refractivity contribution < 1.29 is 9.53 Å². The number of hydrogen-bond donors (Lipinski definition) is 1. The van der Waals surface area contributed by atoms with Crippen LogP contribution in [0.2, 0.25) is 0 Å². The molecule has 110 valence electrons. The van der Waals surface area contributed by atoms with Gasteiger partial charge in [-0.2, -0.15) is 0 Å². The Morgan fingerprint density at radius 3 is 2.75 bits per heavy atom. The molecule has 1 heterocycles.